The molecule has 0 spiro atoms. The number of carbonyl (C=O) groups excluding carboxylic acids is 1. The number of ether oxygens (including phenoxy) is 1. The van der Waals surface area contributed by atoms with Crippen LogP contribution in [0.2, 0.25) is 5.02 Å². The highest BCUT2D eigenvalue weighted by molar-refractivity contribution is 6.30. The monoisotopic (exact) mass is 281 g/mol. The maximum absolute atomic E-state index is 12.3. The summed E-state index contributed by atoms with van der Waals surface area (Å²) in [6.45, 7) is 6.51. The average molecular weight is 282 g/mol. The van der Waals surface area contributed by atoms with Gasteiger partial charge in [-0.15, -0.1) is 0 Å². The Morgan fingerprint density at radius 3 is 3.00 bits per heavy atom. The zero-order valence-corrected chi connectivity index (χ0v) is 12.2. The molecular weight excluding hydrogens is 262 g/mol. The van der Waals surface area contributed by atoms with Crippen molar-refractivity contribution in [3.05, 3.63) is 34.9 Å². The van der Waals surface area contributed by atoms with E-state index in [9.17, 15) is 4.79 Å². The quantitative estimate of drug-likeness (QED) is 0.849. The number of rotatable bonds is 4. The second-order valence-electron chi connectivity index (χ2n) is 5.22. The van der Waals surface area contributed by atoms with Gasteiger partial charge in [-0.05, 0) is 31.5 Å². The summed E-state index contributed by atoms with van der Waals surface area (Å²) in [5.41, 5.74) is 0.947. The van der Waals surface area contributed by atoms with Gasteiger partial charge in [-0.3, -0.25) is 9.69 Å². The molecular formula is C15H20ClNO2. The van der Waals surface area contributed by atoms with Gasteiger partial charge in [0.1, 0.15) is 6.10 Å². The largest absolute Gasteiger partial charge is 0.368 e. The predicted octanol–water partition coefficient (Wildman–Crippen LogP) is 2.56. The van der Waals surface area contributed by atoms with Gasteiger partial charge in [0.25, 0.3) is 0 Å². The molecule has 4 heteroatoms. The standard InChI is InChI=1S/C15H20ClNO2/c1-11(2)17-6-7-19-15(10-17)14(18)9-12-4-3-5-13(16)8-12/h3-5,8,11,15H,6-7,9-10H2,1-2H3. The van der Waals surface area contributed by atoms with Gasteiger partial charge in [-0.2, -0.15) is 0 Å². The molecule has 1 aliphatic rings. The van der Waals surface area contributed by atoms with Crippen molar-refractivity contribution in [1.29, 1.82) is 0 Å². The van der Waals surface area contributed by atoms with Crippen LogP contribution in [0.1, 0.15) is 19.4 Å². The van der Waals surface area contributed by atoms with Crippen molar-refractivity contribution in [3.63, 3.8) is 0 Å². The van der Waals surface area contributed by atoms with Crippen molar-refractivity contribution in [2.75, 3.05) is 19.7 Å². The first-order valence-electron chi connectivity index (χ1n) is 6.69. The number of carbonyl (C=O) groups is 1. The molecule has 1 aromatic rings. The average Bonchev–Trinajstić information content (AvgIpc) is 2.39. The maximum atomic E-state index is 12.3. The number of halogens is 1. The molecule has 1 atom stereocenters. The van der Waals surface area contributed by atoms with Gasteiger partial charge in [-0.25, -0.2) is 0 Å². The Morgan fingerprint density at radius 2 is 2.32 bits per heavy atom. The zero-order valence-electron chi connectivity index (χ0n) is 11.4. The summed E-state index contributed by atoms with van der Waals surface area (Å²) in [4.78, 5) is 14.5. The Hall–Kier alpha value is -0.900. The van der Waals surface area contributed by atoms with Gasteiger partial charge >= 0.3 is 0 Å². The summed E-state index contributed by atoms with van der Waals surface area (Å²) in [5, 5.41) is 0.665. The topological polar surface area (TPSA) is 29.5 Å². The van der Waals surface area contributed by atoms with Crippen LogP contribution in [0.4, 0.5) is 0 Å². The van der Waals surface area contributed by atoms with Gasteiger partial charge in [0.2, 0.25) is 0 Å². The molecule has 1 fully saturated rings. The van der Waals surface area contributed by atoms with Crippen LogP contribution >= 0.6 is 11.6 Å². The lowest BCUT2D eigenvalue weighted by Gasteiger charge is -2.34. The lowest BCUT2D eigenvalue weighted by molar-refractivity contribution is -0.136. The van der Waals surface area contributed by atoms with E-state index in [2.05, 4.69) is 18.7 Å². The van der Waals surface area contributed by atoms with Crippen LogP contribution < -0.4 is 0 Å². The van der Waals surface area contributed by atoms with E-state index in [1.54, 1.807) is 0 Å². The van der Waals surface area contributed by atoms with E-state index in [0.29, 0.717) is 30.6 Å². The van der Waals surface area contributed by atoms with Crippen molar-refractivity contribution in [3.8, 4) is 0 Å². The summed E-state index contributed by atoms with van der Waals surface area (Å²) in [6, 6.07) is 7.89. The van der Waals surface area contributed by atoms with Crippen molar-refractivity contribution in [2.24, 2.45) is 0 Å². The first-order valence-corrected chi connectivity index (χ1v) is 7.07. The van der Waals surface area contributed by atoms with Crippen molar-refractivity contribution >= 4 is 17.4 Å². The number of Topliss-reactive ketones (excluding diaryl/α,β-unsaturated/α-hetero) is 1. The molecule has 0 bridgehead atoms. The molecule has 1 aromatic carbocycles. The molecule has 1 saturated heterocycles. The summed E-state index contributed by atoms with van der Waals surface area (Å²) in [6.07, 6.45) is 0.0760. The third-order valence-electron chi connectivity index (χ3n) is 3.45. The zero-order chi connectivity index (χ0) is 13.8. The lowest BCUT2D eigenvalue weighted by Crippen LogP contribution is -2.49. The minimum atomic E-state index is -0.310. The Balaban J connectivity index is 1.96. The number of benzene rings is 1. The van der Waals surface area contributed by atoms with E-state index in [-0.39, 0.29) is 11.9 Å². The Morgan fingerprint density at radius 1 is 1.53 bits per heavy atom. The molecule has 0 amide bonds. The summed E-state index contributed by atoms with van der Waals surface area (Å²) >= 11 is 5.93. The molecule has 104 valence electrons. The molecule has 0 aliphatic carbocycles. The van der Waals surface area contributed by atoms with Gasteiger partial charge in [-0.1, -0.05) is 23.7 Å². The molecule has 0 saturated carbocycles. The minimum Gasteiger partial charge on any atom is -0.368 e. The van der Waals surface area contributed by atoms with E-state index in [0.717, 1.165) is 12.1 Å². The molecule has 0 N–H and O–H groups in total. The molecule has 1 unspecified atom stereocenters. The smallest absolute Gasteiger partial charge is 0.167 e. The molecule has 0 aromatic heterocycles. The van der Waals surface area contributed by atoms with Crippen molar-refractivity contribution in [2.45, 2.75) is 32.4 Å². The maximum Gasteiger partial charge on any atom is 0.167 e. The fraction of sp³-hybridized carbons (Fsp3) is 0.533. The number of morpholine rings is 1. The van der Waals surface area contributed by atoms with Crippen LogP contribution in [0.25, 0.3) is 0 Å². The fourth-order valence-electron chi connectivity index (χ4n) is 2.29. The van der Waals surface area contributed by atoms with Crippen molar-refractivity contribution in [1.82, 2.24) is 4.90 Å². The highest BCUT2D eigenvalue weighted by Crippen LogP contribution is 2.15. The third-order valence-corrected chi connectivity index (χ3v) is 3.69. The second-order valence-corrected chi connectivity index (χ2v) is 5.66. The summed E-state index contributed by atoms with van der Waals surface area (Å²) in [5.74, 6) is 0.132. The minimum absolute atomic E-state index is 0.132. The normalized spacial score (nSPS) is 20.7. The van der Waals surface area contributed by atoms with Crippen LogP contribution in [0, 0.1) is 0 Å². The molecule has 3 nitrogen and oxygen atoms in total. The highest BCUT2D eigenvalue weighted by atomic mass is 35.5. The first kappa shape index (κ1) is 14.5. The van der Waals surface area contributed by atoms with Gasteiger partial charge < -0.3 is 4.74 Å². The molecule has 0 radical (unpaired) electrons. The van der Waals surface area contributed by atoms with E-state index in [1.165, 1.54) is 0 Å². The summed E-state index contributed by atoms with van der Waals surface area (Å²) < 4.78 is 5.60. The van der Waals surface area contributed by atoms with Gasteiger partial charge in [0.15, 0.2) is 5.78 Å². The third kappa shape index (κ3) is 4.03. The van der Waals surface area contributed by atoms with E-state index in [1.807, 2.05) is 24.3 Å². The van der Waals surface area contributed by atoms with E-state index >= 15 is 0 Å². The van der Waals surface area contributed by atoms with Crippen LogP contribution in [0.15, 0.2) is 24.3 Å². The lowest BCUT2D eigenvalue weighted by atomic mass is 10.0. The fourth-order valence-corrected chi connectivity index (χ4v) is 2.51. The Bertz CT molecular complexity index is 448. The highest BCUT2D eigenvalue weighted by Gasteiger charge is 2.27. The Kier molecular flexibility index (Phi) is 4.97. The molecule has 1 aliphatic heterocycles. The number of hydrogen-bond acceptors (Lipinski definition) is 3. The van der Waals surface area contributed by atoms with Crippen LogP contribution in [-0.2, 0) is 16.0 Å². The van der Waals surface area contributed by atoms with Crippen LogP contribution in [0.3, 0.4) is 0 Å². The van der Waals surface area contributed by atoms with Crippen LogP contribution in [0.5, 0.6) is 0 Å². The molecule has 19 heavy (non-hydrogen) atoms. The predicted molar refractivity (Wildman–Crippen MR) is 76.6 cm³/mol. The van der Waals surface area contributed by atoms with Gasteiger partial charge in [0, 0.05) is 30.6 Å². The number of nitrogens with zero attached hydrogens (tertiary/aromatic N) is 1. The Labute approximate surface area is 119 Å². The molecule has 2 rings (SSSR count). The number of hydrogen-bond donors (Lipinski definition) is 0. The number of ketones is 1. The van der Waals surface area contributed by atoms with E-state index in [4.69, 9.17) is 16.3 Å². The molecule has 1 heterocycles. The SMILES string of the molecule is CC(C)N1CCOC(C(=O)Cc2cccc(Cl)c2)C1. The van der Waals surface area contributed by atoms with Crippen molar-refractivity contribution < 1.29 is 9.53 Å². The summed E-state index contributed by atoms with van der Waals surface area (Å²) in [7, 11) is 0. The van der Waals surface area contributed by atoms with E-state index < -0.39 is 0 Å². The van der Waals surface area contributed by atoms with Crippen LogP contribution in [-0.4, -0.2) is 42.5 Å². The second kappa shape index (κ2) is 6.51. The van der Waals surface area contributed by atoms with Gasteiger partial charge in [0.05, 0.1) is 6.61 Å². The first-order chi connectivity index (χ1) is 9.06.